The van der Waals surface area contributed by atoms with Gasteiger partial charge >= 0.3 is 0 Å². The average molecular weight is 379 g/mol. The minimum Gasteiger partial charge on any atom is -0.497 e. The highest BCUT2D eigenvalue weighted by atomic mass is 16.5. The Morgan fingerprint density at radius 1 is 1.25 bits per heavy atom. The van der Waals surface area contributed by atoms with Crippen molar-refractivity contribution in [3.63, 3.8) is 0 Å². The van der Waals surface area contributed by atoms with Gasteiger partial charge in [0.1, 0.15) is 17.7 Å². The maximum Gasteiger partial charge on any atom is 0.124 e. The first-order valence-electron chi connectivity index (χ1n) is 8.93. The van der Waals surface area contributed by atoms with Crippen LogP contribution in [0.2, 0.25) is 0 Å². The van der Waals surface area contributed by atoms with E-state index in [1.54, 1.807) is 24.4 Å². The maximum atomic E-state index is 9.26. The third kappa shape index (κ3) is 3.41. The standard InChI is InChI=1S/C20H21N5O3/c1-14-18(12-25(22-14)7-8-26)20-19(15-4-3-5-17(10-15)27-2)21-13-24(20)11-16-6-9-28-23-16/h3-6,9-10,12-13,26H,7-8,11H2,1-2H3. The maximum absolute atomic E-state index is 9.26. The van der Waals surface area contributed by atoms with Crippen LogP contribution in [0.15, 0.2) is 53.6 Å². The number of nitrogens with zero attached hydrogens (tertiary/aromatic N) is 5. The van der Waals surface area contributed by atoms with Gasteiger partial charge in [-0.1, -0.05) is 17.3 Å². The molecular weight excluding hydrogens is 358 g/mol. The van der Waals surface area contributed by atoms with Crippen LogP contribution in [0.1, 0.15) is 11.4 Å². The normalized spacial score (nSPS) is 11.1. The molecule has 1 N–H and O–H groups in total. The SMILES string of the molecule is COc1cccc(-c2ncn(Cc3ccon3)c2-c2cn(CCO)nc2C)c1. The molecule has 4 aromatic rings. The topological polar surface area (TPSA) is 91.1 Å². The molecule has 0 atom stereocenters. The molecule has 0 amide bonds. The summed E-state index contributed by atoms with van der Waals surface area (Å²) in [5.74, 6) is 0.766. The zero-order valence-electron chi connectivity index (χ0n) is 15.7. The molecule has 0 saturated heterocycles. The van der Waals surface area contributed by atoms with Gasteiger partial charge in [0.15, 0.2) is 0 Å². The van der Waals surface area contributed by atoms with Gasteiger partial charge in [-0.15, -0.1) is 0 Å². The molecule has 0 radical (unpaired) electrons. The van der Waals surface area contributed by atoms with Crippen molar-refractivity contribution >= 4 is 0 Å². The highest BCUT2D eigenvalue weighted by Gasteiger charge is 2.20. The zero-order valence-corrected chi connectivity index (χ0v) is 15.7. The van der Waals surface area contributed by atoms with E-state index >= 15 is 0 Å². The molecule has 0 spiro atoms. The smallest absolute Gasteiger partial charge is 0.124 e. The second-order valence-corrected chi connectivity index (χ2v) is 6.41. The van der Waals surface area contributed by atoms with Crippen molar-refractivity contribution in [2.45, 2.75) is 20.0 Å². The summed E-state index contributed by atoms with van der Waals surface area (Å²) in [6, 6.07) is 9.63. The van der Waals surface area contributed by atoms with E-state index in [-0.39, 0.29) is 6.61 Å². The predicted octanol–water partition coefficient (Wildman–Crippen LogP) is 2.76. The van der Waals surface area contributed by atoms with Gasteiger partial charge in [0, 0.05) is 23.4 Å². The summed E-state index contributed by atoms with van der Waals surface area (Å²) in [7, 11) is 1.65. The molecule has 3 heterocycles. The van der Waals surface area contributed by atoms with Crippen LogP contribution in [0.25, 0.3) is 22.5 Å². The van der Waals surface area contributed by atoms with E-state index in [0.29, 0.717) is 13.1 Å². The first-order valence-corrected chi connectivity index (χ1v) is 8.93. The molecule has 8 nitrogen and oxygen atoms in total. The molecule has 8 heteroatoms. The number of aliphatic hydroxyl groups is 1. The highest BCUT2D eigenvalue weighted by Crippen LogP contribution is 2.34. The number of aliphatic hydroxyl groups excluding tert-OH is 1. The van der Waals surface area contributed by atoms with E-state index in [4.69, 9.17) is 9.26 Å². The number of methoxy groups -OCH3 is 1. The van der Waals surface area contributed by atoms with Crippen molar-refractivity contribution in [1.29, 1.82) is 0 Å². The van der Waals surface area contributed by atoms with E-state index < -0.39 is 0 Å². The van der Waals surface area contributed by atoms with Crippen LogP contribution in [0.5, 0.6) is 5.75 Å². The van der Waals surface area contributed by atoms with E-state index in [1.165, 1.54) is 0 Å². The molecule has 3 aromatic heterocycles. The van der Waals surface area contributed by atoms with Gasteiger partial charge in [0.2, 0.25) is 0 Å². The lowest BCUT2D eigenvalue weighted by Gasteiger charge is -2.09. The zero-order chi connectivity index (χ0) is 19.5. The fraction of sp³-hybridized carbons (Fsp3) is 0.250. The van der Waals surface area contributed by atoms with E-state index in [2.05, 4.69) is 15.2 Å². The molecule has 144 valence electrons. The van der Waals surface area contributed by atoms with Gasteiger partial charge in [-0.25, -0.2) is 4.98 Å². The minimum atomic E-state index is 0.0293. The first-order chi connectivity index (χ1) is 13.7. The van der Waals surface area contributed by atoms with E-state index in [9.17, 15) is 5.11 Å². The Morgan fingerprint density at radius 3 is 2.89 bits per heavy atom. The van der Waals surface area contributed by atoms with Crippen molar-refractivity contribution in [2.75, 3.05) is 13.7 Å². The van der Waals surface area contributed by atoms with Crippen LogP contribution in [-0.4, -0.2) is 43.3 Å². The molecule has 0 aliphatic rings. The molecule has 4 rings (SSSR count). The molecule has 0 fully saturated rings. The second kappa shape index (κ2) is 7.69. The second-order valence-electron chi connectivity index (χ2n) is 6.41. The fourth-order valence-corrected chi connectivity index (χ4v) is 3.23. The molecule has 1 aromatic carbocycles. The number of aryl methyl sites for hydroxylation is 1. The number of aromatic nitrogens is 5. The molecule has 0 aliphatic carbocycles. The van der Waals surface area contributed by atoms with Crippen molar-refractivity contribution in [3.8, 4) is 28.3 Å². The summed E-state index contributed by atoms with van der Waals surface area (Å²) in [6.07, 6.45) is 5.28. The van der Waals surface area contributed by atoms with E-state index in [1.807, 2.05) is 48.0 Å². The molecule has 28 heavy (non-hydrogen) atoms. The quantitative estimate of drug-likeness (QED) is 0.531. The van der Waals surface area contributed by atoms with Crippen molar-refractivity contribution in [2.24, 2.45) is 0 Å². The van der Waals surface area contributed by atoms with Gasteiger partial charge in [0.25, 0.3) is 0 Å². The third-order valence-electron chi connectivity index (χ3n) is 4.54. The predicted molar refractivity (Wildman–Crippen MR) is 103 cm³/mol. The van der Waals surface area contributed by atoms with Crippen LogP contribution >= 0.6 is 0 Å². The number of hydrogen-bond acceptors (Lipinski definition) is 6. The van der Waals surface area contributed by atoms with Crippen molar-refractivity contribution < 1.29 is 14.4 Å². The lowest BCUT2D eigenvalue weighted by molar-refractivity contribution is 0.269. The largest absolute Gasteiger partial charge is 0.497 e. The fourth-order valence-electron chi connectivity index (χ4n) is 3.23. The first kappa shape index (κ1) is 18.0. The lowest BCUT2D eigenvalue weighted by Crippen LogP contribution is -2.02. The monoisotopic (exact) mass is 379 g/mol. The summed E-state index contributed by atoms with van der Waals surface area (Å²) >= 11 is 0. The Hall–Kier alpha value is -3.39. The van der Waals surface area contributed by atoms with Crippen LogP contribution in [-0.2, 0) is 13.1 Å². The minimum absolute atomic E-state index is 0.0293. The van der Waals surface area contributed by atoms with Gasteiger partial charge < -0.3 is 18.9 Å². The average Bonchev–Trinajstić information content (AvgIpc) is 3.43. The number of benzene rings is 1. The van der Waals surface area contributed by atoms with Crippen LogP contribution < -0.4 is 4.74 Å². The number of rotatable bonds is 7. The molecule has 0 unspecified atom stereocenters. The number of hydrogen-bond donors (Lipinski definition) is 1. The van der Waals surface area contributed by atoms with Crippen LogP contribution in [0.3, 0.4) is 0 Å². The van der Waals surface area contributed by atoms with Gasteiger partial charge in [-0.05, 0) is 19.1 Å². The Morgan fingerprint density at radius 2 is 2.14 bits per heavy atom. The summed E-state index contributed by atoms with van der Waals surface area (Å²) in [5.41, 5.74) is 5.32. The molecular formula is C20H21N5O3. The Balaban J connectivity index is 1.86. The van der Waals surface area contributed by atoms with Gasteiger partial charge in [0.05, 0.1) is 50.2 Å². The van der Waals surface area contributed by atoms with E-state index in [0.717, 1.165) is 39.7 Å². The summed E-state index contributed by atoms with van der Waals surface area (Å²) in [5, 5.41) is 17.8. The Bertz CT molecular complexity index is 1070. The molecule has 0 saturated carbocycles. The molecule has 0 bridgehead atoms. The van der Waals surface area contributed by atoms with Gasteiger partial charge in [-0.2, -0.15) is 5.10 Å². The third-order valence-corrected chi connectivity index (χ3v) is 4.54. The van der Waals surface area contributed by atoms with Crippen molar-refractivity contribution in [1.82, 2.24) is 24.5 Å². The Kier molecular flexibility index (Phi) is 4.94. The van der Waals surface area contributed by atoms with Gasteiger partial charge in [-0.3, -0.25) is 4.68 Å². The molecule has 0 aliphatic heterocycles. The van der Waals surface area contributed by atoms with Crippen LogP contribution in [0.4, 0.5) is 0 Å². The number of ether oxygens (including phenoxy) is 1. The Labute approximate surface area is 162 Å². The number of imidazole rings is 1. The summed E-state index contributed by atoms with van der Waals surface area (Å²) in [6.45, 7) is 2.94. The highest BCUT2D eigenvalue weighted by molar-refractivity contribution is 5.80. The van der Waals surface area contributed by atoms with Crippen LogP contribution in [0, 0.1) is 6.92 Å². The summed E-state index contributed by atoms with van der Waals surface area (Å²) in [4.78, 5) is 4.68. The lowest BCUT2D eigenvalue weighted by atomic mass is 10.0. The summed E-state index contributed by atoms with van der Waals surface area (Å²) < 4.78 is 14.1. The van der Waals surface area contributed by atoms with Crippen molar-refractivity contribution in [3.05, 3.63) is 60.5 Å².